The van der Waals surface area contributed by atoms with Crippen molar-refractivity contribution in [3.63, 3.8) is 0 Å². The van der Waals surface area contributed by atoms with Crippen molar-refractivity contribution in [2.75, 3.05) is 37.0 Å². The highest BCUT2D eigenvalue weighted by atomic mass is 16.5. The zero-order valence-corrected chi connectivity index (χ0v) is 15.1. The van der Waals surface area contributed by atoms with E-state index in [-0.39, 0.29) is 18.0 Å². The zero-order chi connectivity index (χ0) is 18.5. The van der Waals surface area contributed by atoms with Gasteiger partial charge >= 0.3 is 0 Å². The molecule has 0 aromatic carbocycles. The second kappa shape index (κ2) is 8.29. The number of hydrogen-bond acceptors (Lipinski definition) is 7. The summed E-state index contributed by atoms with van der Waals surface area (Å²) in [6.45, 7) is 5.85. The molecule has 3 rings (SSSR count). The molecule has 0 amide bonds. The molecule has 8 heteroatoms. The molecule has 1 unspecified atom stereocenters. The number of rotatable bonds is 7. The van der Waals surface area contributed by atoms with Crippen molar-refractivity contribution in [1.29, 1.82) is 0 Å². The maximum atomic E-state index is 12.1. The van der Waals surface area contributed by atoms with E-state index in [9.17, 15) is 4.79 Å². The molecule has 1 fully saturated rings. The van der Waals surface area contributed by atoms with E-state index in [0.29, 0.717) is 42.6 Å². The Balaban J connectivity index is 1.80. The fourth-order valence-corrected chi connectivity index (χ4v) is 2.94. The number of pyridine rings is 1. The third-order valence-electron chi connectivity index (χ3n) is 4.55. The quantitative estimate of drug-likeness (QED) is 0.589. The summed E-state index contributed by atoms with van der Waals surface area (Å²) in [7, 11) is 0. The van der Waals surface area contributed by atoms with E-state index in [0.717, 1.165) is 24.4 Å². The number of nitrogens with zero attached hydrogens (tertiary/aromatic N) is 2. The molecule has 4 N–H and O–H groups in total. The maximum absolute atomic E-state index is 12.1. The molecule has 0 radical (unpaired) electrons. The van der Waals surface area contributed by atoms with Crippen molar-refractivity contribution in [3.05, 3.63) is 45.0 Å². The average Bonchev–Trinajstić information content (AvgIpc) is 3.18. The van der Waals surface area contributed by atoms with Gasteiger partial charge in [-0.2, -0.15) is 4.98 Å². The number of hydrogen-bond donors (Lipinski definition) is 4. The van der Waals surface area contributed by atoms with Crippen LogP contribution in [0, 0.1) is 13.8 Å². The van der Waals surface area contributed by atoms with E-state index in [1.807, 2.05) is 13.0 Å². The first kappa shape index (κ1) is 18.3. The number of aromatic nitrogens is 3. The van der Waals surface area contributed by atoms with Gasteiger partial charge in [0, 0.05) is 48.2 Å². The summed E-state index contributed by atoms with van der Waals surface area (Å²) < 4.78 is 5.46. The average molecular weight is 359 g/mol. The summed E-state index contributed by atoms with van der Waals surface area (Å²) in [6, 6.07) is 1.92. The van der Waals surface area contributed by atoms with Crippen LogP contribution >= 0.6 is 0 Å². The Morgan fingerprint density at radius 2 is 2.19 bits per heavy atom. The van der Waals surface area contributed by atoms with Gasteiger partial charge in [0.15, 0.2) is 5.43 Å². The second-order valence-electron chi connectivity index (χ2n) is 6.47. The molecule has 1 aliphatic rings. The summed E-state index contributed by atoms with van der Waals surface area (Å²) in [5.74, 6) is 1.39. The molecular weight excluding hydrogens is 334 g/mol. The minimum absolute atomic E-state index is 0.00663. The molecule has 26 heavy (non-hydrogen) atoms. The summed E-state index contributed by atoms with van der Waals surface area (Å²) in [6.07, 6.45) is 2.65. The van der Waals surface area contributed by atoms with E-state index >= 15 is 0 Å². The van der Waals surface area contributed by atoms with E-state index in [2.05, 4.69) is 25.6 Å². The SMILES string of the molecule is Cc1c[nH]c(CNc2cc(C3CCOC3)nc(NCCO)n2)c(C)c1=O. The van der Waals surface area contributed by atoms with E-state index in [4.69, 9.17) is 9.84 Å². The molecule has 2 aromatic rings. The molecule has 3 heterocycles. The number of H-pyrrole nitrogens is 1. The Kier molecular flexibility index (Phi) is 5.85. The van der Waals surface area contributed by atoms with Crippen LogP contribution in [0.4, 0.5) is 11.8 Å². The number of aliphatic hydroxyl groups is 1. The zero-order valence-electron chi connectivity index (χ0n) is 15.1. The molecule has 0 bridgehead atoms. The number of anilines is 2. The van der Waals surface area contributed by atoms with Gasteiger partial charge in [-0.05, 0) is 20.3 Å². The van der Waals surface area contributed by atoms with E-state index in [1.165, 1.54) is 0 Å². The third-order valence-corrected chi connectivity index (χ3v) is 4.55. The summed E-state index contributed by atoms with van der Waals surface area (Å²) in [5.41, 5.74) is 3.20. The molecule has 0 spiro atoms. The van der Waals surface area contributed by atoms with Crippen molar-refractivity contribution in [3.8, 4) is 0 Å². The standard InChI is InChI=1S/C18H25N5O3/c1-11-8-20-15(12(2)17(11)25)9-21-16-7-14(13-3-6-26-10-13)22-18(23-16)19-4-5-24/h7-8,13,24H,3-6,9-10H2,1-2H3,(H,20,25)(H2,19,21,22,23). The van der Waals surface area contributed by atoms with Gasteiger partial charge < -0.3 is 25.5 Å². The van der Waals surface area contributed by atoms with Crippen LogP contribution in [0.1, 0.15) is 34.9 Å². The highest BCUT2D eigenvalue weighted by Crippen LogP contribution is 2.26. The predicted octanol–water partition coefficient (Wildman–Crippen LogP) is 1.30. The van der Waals surface area contributed by atoms with Crippen LogP contribution in [0.5, 0.6) is 0 Å². The first-order valence-corrected chi connectivity index (χ1v) is 8.81. The summed E-state index contributed by atoms with van der Waals surface area (Å²) in [4.78, 5) is 24.2. The van der Waals surface area contributed by atoms with Gasteiger partial charge in [-0.25, -0.2) is 4.98 Å². The minimum Gasteiger partial charge on any atom is -0.395 e. The summed E-state index contributed by atoms with van der Waals surface area (Å²) >= 11 is 0. The molecule has 1 aliphatic heterocycles. The van der Waals surface area contributed by atoms with Crippen molar-refractivity contribution in [1.82, 2.24) is 15.0 Å². The third kappa shape index (κ3) is 4.20. The highest BCUT2D eigenvalue weighted by Gasteiger charge is 2.21. The number of aromatic amines is 1. The predicted molar refractivity (Wildman–Crippen MR) is 99.6 cm³/mol. The fourth-order valence-electron chi connectivity index (χ4n) is 2.94. The smallest absolute Gasteiger partial charge is 0.224 e. The summed E-state index contributed by atoms with van der Waals surface area (Å²) in [5, 5.41) is 15.3. The van der Waals surface area contributed by atoms with Crippen LogP contribution in [-0.4, -0.2) is 46.4 Å². The van der Waals surface area contributed by atoms with Crippen LogP contribution < -0.4 is 16.1 Å². The van der Waals surface area contributed by atoms with Crippen molar-refractivity contribution < 1.29 is 9.84 Å². The second-order valence-corrected chi connectivity index (χ2v) is 6.47. The first-order valence-electron chi connectivity index (χ1n) is 8.81. The molecule has 2 aromatic heterocycles. The lowest BCUT2D eigenvalue weighted by Crippen LogP contribution is -2.17. The molecule has 8 nitrogen and oxygen atoms in total. The van der Waals surface area contributed by atoms with Gasteiger partial charge in [0.2, 0.25) is 5.95 Å². The molecule has 140 valence electrons. The maximum Gasteiger partial charge on any atom is 0.224 e. The van der Waals surface area contributed by atoms with Gasteiger partial charge in [0.25, 0.3) is 0 Å². The van der Waals surface area contributed by atoms with Crippen LogP contribution in [-0.2, 0) is 11.3 Å². The number of ether oxygens (including phenoxy) is 1. The first-order chi connectivity index (χ1) is 12.6. The van der Waals surface area contributed by atoms with Crippen molar-refractivity contribution in [2.24, 2.45) is 0 Å². The molecule has 1 saturated heterocycles. The van der Waals surface area contributed by atoms with Gasteiger partial charge in [0.05, 0.1) is 25.5 Å². The normalized spacial score (nSPS) is 16.7. The highest BCUT2D eigenvalue weighted by molar-refractivity contribution is 5.44. The Bertz CT molecular complexity index is 815. The number of aliphatic hydroxyl groups excluding tert-OH is 1. The Morgan fingerprint density at radius 1 is 1.35 bits per heavy atom. The number of aryl methyl sites for hydroxylation is 1. The Hall–Kier alpha value is -2.45. The van der Waals surface area contributed by atoms with Crippen LogP contribution in [0.15, 0.2) is 17.1 Å². The number of nitrogens with one attached hydrogen (secondary N) is 3. The van der Waals surface area contributed by atoms with Crippen LogP contribution in [0.25, 0.3) is 0 Å². The molecule has 0 aliphatic carbocycles. The van der Waals surface area contributed by atoms with Gasteiger partial charge in [-0.15, -0.1) is 0 Å². The molecular formula is C18H25N5O3. The fraction of sp³-hybridized carbons (Fsp3) is 0.500. The van der Waals surface area contributed by atoms with E-state index in [1.54, 1.807) is 13.1 Å². The minimum atomic E-state index is 0.00663. The van der Waals surface area contributed by atoms with Gasteiger partial charge in [0.1, 0.15) is 5.82 Å². The Labute approximate surface area is 152 Å². The lowest BCUT2D eigenvalue weighted by Gasteiger charge is -2.14. The molecule has 0 saturated carbocycles. The lowest BCUT2D eigenvalue weighted by atomic mass is 10.0. The van der Waals surface area contributed by atoms with Crippen LogP contribution in [0.3, 0.4) is 0 Å². The van der Waals surface area contributed by atoms with Crippen molar-refractivity contribution >= 4 is 11.8 Å². The Morgan fingerprint density at radius 3 is 2.92 bits per heavy atom. The van der Waals surface area contributed by atoms with Crippen LogP contribution in [0.2, 0.25) is 0 Å². The molecule has 1 atom stereocenters. The largest absolute Gasteiger partial charge is 0.395 e. The van der Waals surface area contributed by atoms with Gasteiger partial charge in [-0.1, -0.05) is 0 Å². The van der Waals surface area contributed by atoms with Crippen molar-refractivity contribution in [2.45, 2.75) is 32.7 Å². The van der Waals surface area contributed by atoms with Gasteiger partial charge in [-0.3, -0.25) is 4.79 Å². The lowest BCUT2D eigenvalue weighted by molar-refractivity contribution is 0.193. The van der Waals surface area contributed by atoms with E-state index < -0.39 is 0 Å². The topological polar surface area (TPSA) is 112 Å². The monoisotopic (exact) mass is 359 g/mol.